The second kappa shape index (κ2) is 9.15. The molecule has 168 valence electrons. The van der Waals surface area contributed by atoms with Crippen molar-refractivity contribution in [2.45, 2.75) is 6.92 Å². The number of ether oxygens (including phenoxy) is 2. The zero-order valence-electron chi connectivity index (χ0n) is 18.2. The summed E-state index contributed by atoms with van der Waals surface area (Å²) in [7, 11) is 0. The van der Waals surface area contributed by atoms with Gasteiger partial charge in [0, 0.05) is 26.2 Å². The predicted octanol–water partition coefficient (Wildman–Crippen LogP) is 7.41. The highest BCUT2D eigenvalue weighted by molar-refractivity contribution is 9.10. The maximum atomic E-state index is 13.1. The van der Waals surface area contributed by atoms with Gasteiger partial charge in [-0.25, -0.2) is 9.59 Å². The number of hydrogen-bond donors (Lipinski definition) is 0. The van der Waals surface area contributed by atoms with Crippen molar-refractivity contribution in [2.75, 3.05) is 6.61 Å². The van der Waals surface area contributed by atoms with Crippen LogP contribution in [0.2, 0.25) is 0 Å². The first-order valence-corrected chi connectivity index (χ1v) is 11.5. The molecule has 6 heteroatoms. The Morgan fingerprint density at radius 1 is 0.824 bits per heavy atom. The van der Waals surface area contributed by atoms with E-state index in [4.69, 9.17) is 13.9 Å². The molecule has 1 aromatic heterocycles. The molecule has 0 spiro atoms. The summed E-state index contributed by atoms with van der Waals surface area (Å²) in [6.07, 6.45) is 0. The molecule has 1 heterocycles. The Labute approximate surface area is 204 Å². The van der Waals surface area contributed by atoms with Crippen LogP contribution >= 0.6 is 15.9 Å². The molecular formula is C28H19BrO5. The molecule has 0 N–H and O–H groups in total. The van der Waals surface area contributed by atoms with Crippen LogP contribution in [-0.4, -0.2) is 18.5 Å². The summed E-state index contributed by atoms with van der Waals surface area (Å²) in [6, 6.07) is 25.6. The number of esters is 2. The van der Waals surface area contributed by atoms with Crippen molar-refractivity contribution in [1.82, 2.24) is 0 Å². The zero-order chi connectivity index (χ0) is 23.7. The summed E-state index contributed by atoms with van der Waals surface area (Å²) in [5.74, 6) is -0.275. The highest BCUT2D eigenvalue weighted by Gasteiger charge is 2.26. The van der Waals surface area contributed by atoms with Gasteiger partial charge in [0.05, 0.1) is 12.2 Å². The smallest absolute Gasteiger partial charge is 0.344 e. The van der Waals surface area contributed by atoms with Crippen LogP contribution in [0.15, 0.2) is 93.8 Å². The molecule has 5 aromatic rings. The summed E-state index contributed by atoms with van der Waals surface area (Å²) >= 11 is 3.40. The third-order valence-electron chi connectivity index (χ3n) is 5.47. The SMILES string of the molecule is CCOC(=O)c1c(-c2ccccc2)oc2c1cc(OC(=O)c1ccccc1Br)c1ccccc12. The van der Waals surface area contributed by atoms with Crippen LogP contribution in [0.25, 0.3) is 33.1 Å². The van der Waals surface area contributed by atoms with E-state index >= 15 is 0 Å². The molecule has 5 rings (SSSR count). The minimum Gasteiger partial charge on any atom is -0.462 e. The van der Waals surface area contributed by atoms with E-state index in [0.29, 0.717) is 43.5 Å². The van der Waals surface area contributed by atoms with Gasteiger partial charge < -0.3 is 13.9 Å². The van der Waals surface area contributed by atoms with Crippen molar-refractivity contribution < 1.29 is 23.5 Å². The van der Waals surface area contributed by atoms with Gasteiger partial charge in [-0.15, -0.1) is 0 Å². The first-order valence-electron chi connectivity index (χ1n) is 10.8. The third-order valence-corrected chi connectivity index (χ3v) is 6.16. The molecule has 0 saturated carbocycles. The Kier molecular flexibility index (Phi) is 5.90. The van der Waals surface area contributed by atoms with Crippen molar-refractivity contribution in [2.24, 2.45) is 0 Å². The number of hydrogen-bond acceptors (Lipinski definition) is 5. The normalized spacial score (nSPS) is 11.0. The van der Waals surface area contributed by atoms with Crippen LogP contribution < -0.4 is 4.74 Å². The second-order valence-corrected chi connectivity index (χ2v) is 8.41. The molecule has 0 unspecified atom stereocenters. The van der Waals surface area contributed by atoms with Gasteiger partial charge >= 0.3 is 11.9 Å². The lowest BCUT2D eigenvalue weighted by molar-refractivity contribution is 0.0528. The van der Waals surface area contributed by atoms with E-state index < -0.39 is 11.9 Å². The Morgan fingerprint density at radius 3 is 2.24 bits per heavy atom. The number of carbonyl (C=O) groups is 2. The van der Waals surface area contributed by atoms with Crippen LogP contribution in [0.1, 0.15) is 27.6 Å². The van der Waals surface area contributed by atoms with Gasteiger partial charge in [-0.1, -0.05) is 66.7 Å². The summed E-state index contributed by atoms with van der Waals surface area (Å²) in [5.41, 5.74) is 1.97. The third kappa shape index (κ3) is 3.86. The topological polar surface area (TPSA) is 65.7 Å². The molecule has 0 amide bonds. The van der Waals surface area contributed by atoms with Gasteiger partial charge in [-0.05, 0) is 41.1 Å². The van der Waals surface area contributed by atoms with Gasteiger partial charge in [0.25, 0.3) is 0 Å². The number of carbonyl (C=O) groups excluding carboxylic acids is 2. The Morgan fingerprint density at radius 2 is 1.50 bits per heavy atom. The first kappa shape index (κ1) is 21.9. The fraction of sp³-hybridized carbons (Fsp3) is 0.0714. The average Bonchev–Trinajstić information content (AvgIpc) is 3.25. The molecule has 0 bridgehead atoms. The van der Waals surface area contributed by atoms with Crippen molar-refractivity contribution in [3.8, 4) is 17.1 Å². The van der Waals surface area contributed by atoms with Crippen molar-refractivity contribution in [3.63, 3.8) is 0 Å². The Hall–Kier alpha value is -3.90. The average molecular weight is 515 g/mol. The van der Waals surface area contributed by atoms with Crippen LogP contribution in [-0.2, 0) is 4.74 Å². The minimum absolute atomic E-state index is 0.219. The Bertz CT molecular complexity index is 1540. The summed E-state index contributed by atoms with van der Waals surface area (Å²) in [4.78, 5) is 26.0. The Balaban J connectivity index is 1.76. The molecule has 5 nitrogen and oxygen atoms in total. The van der Waals surface area contributed by atoms with Gasteiger partial charge in [0.1, 0.15) is 22.7 Å². The van der Waals surface area contributed by atoms with Crippen molar-refractivity contribution >= 4 is 49.6 Å². The number of benzene rings is 4. The molecular weight excluding hydrogens is 496 g/mol. The monoisotopic (exact) mass is 514 g/mol. The lowest BCUT2D eigenvalue weighted by atomic mass is 10.0. The van der Waals surface area contributed by atoms with E-state index in [0.717, 1.165) is 10.9 Å². The molecule has 0 aliphatic heterocycles. The van der Waals surface area contributed by atoms with E-state index in [2.05, 4.69) is 15.9 Å². The molecule has 0 saturated heterocycles. The van der Waals surface area contributed by atoms with Crippen LogP contribution in [0.4, 0.5) is 0 Å². The standard InChI is InChI=1S/C28H19BrO5/c1-2-32-28(31)24-21-16-23(33-27(30)20-14-8-9-15-22(20)29)18-12-6-7-13-19(18)26(21)34-25(24)17-10-4-3-5-11-17/h3-16H,2H2,1H3. The fourth-order valence-corrected chi connectivity index (χ4v) is 4.40. The molecule has 0 radical (unpaired) electrons. The number of furan rings is 1. The number of rotatable bonds is 5. The molecule has 0 aliphatic rings. The first-order chi connectivity index (χ1) is 16.6. The number of halogens is 1. The molecule has 34 heavy (non-hydrogen) atoms. The number of fused-ring (bicyclic) bond motifs is 3. The van der Waals surface area contributed by atoms with Gasteiger partial charge in [0.15, 0.2) is 0 Å². The minimum atomic E-state index is -0.513. The van der Waals surface area contributed by atoms with E-state index in [-0.39, 0.29) is 6.61 Å². The lowest BCUT2D eigenvalue weighted by Gasteiger charge is -2.10. The summed E-state index contributed by atoms with van der Waals surface area (Å²) in [5, 5.41) is 1.94. The van der Waals surface area contributed by atoms with Crippen LogP contribution in [0.5, 0.6) is 5.75 Å². The van der Waals surface area contributed by atoms with Gasteiger partial charge in [0.2, 0.25) is 0 Å². The van der Waals surface area contributed by atoms with E-state index in [1.807, 2.05) is 60.7 Å². The van der Waals surface area contributed by atoms with Gasteiger partial charge in [-0.3, -0.25) is 0 Å². The maximum absolute atomic E-state index is 13.1. The van der Waals surface area contributed by atoms with Crippen molar-refractivity contribution in [3.05, 3.63) is 101 Å². The zero-order valence-corrected chi connectivity index (χ0v) is 19.8. The fourth-order valence-electron chi connectivity index (χ4n) is 3.95. The van der Waals surface area contributed by atoms with E-state index in [1.54, 1.807) is 31.2 Å². The van der Waals surface area contributed by atoms with E-state index in [9.17, 15) is 9.59 Å². The molecule has 0 aliphatic carbocycles. The lowest BCUT2D eigenvalue weighted by Crippen LogP contribution is -2.10. The second-order valence-electron chi connectivity index (χ2n) is 7.56. The van der Waals surface area contributed by atoms with Gasteiger partial charge in [-0.2, -0.15) is 0 Å². The van der Waals surface area contributed by atoms with Crippen molar-refractivity contribution in [1.29, 1.82) is 0 Å². The summed E-state index contributed by atoms with van der Waals surface area (Å²) < 4.78 is 18.1. The highest BCUT2D eigenvalue weighted by atomic mass is 79.9. The molecule has 0 atom stereocenters. The highest BCUT2D eigenvalue weighted by Crippen LogP contribution is 2.41. The maximum Gasteiger partial charge on any atom is 0.344 e. The van der Waals surface area contributed by atoms with Crippen LogP contribution in [0, 0.1) is 0 Å². The molecule has 0 fully saturated rings. The predicted molar refractivity (Wildman–Crippen MR) is 134 cm³/mol. The molecule has 4 aromatic carbocycles. The largest absolute Gasteiger partial charge is 0.462 e. The van der Waals surface area contributed by atoms with E-state index in [1.165, 1.54) is 0 Å². The summed E-state index contributed by atoms with van der Waals surface area (Å²) in [6.45, 7) is 1.97. The van der Waals surface area contributed by atoms with Crippen LogP contribution in [0.3, 0.4) is 0 Å². The quantitative estimate of drug-likeness (QED) is 0.180.